The molecule has 0 radical (unpaired) electrons. The zero-order chi connectivity index (χ0) is 30.8. The maximum Gasteiger partial charge on any atom is 0.248 e. The molecule has 3 heterocycles. The van der Waals surface area contributed by atoms with Crippen LogP contribution < -0.4 is 25.4 Å². The molecule has 0 saturated carbocycles. The number of ether oxygens (including phenoxy) is 2. The Morgan fingerprint density at radius 1 is 1.05 bits per heavy atom. The van der Waals surface area contributed by atoms with Gasteiger partial charge in [0.1, 0.15) is 11.4 Å². The molecule has 4 N–H and O–H groups in total. The first-order valence-corrected chi connectivity index (χ1v) is 13.7. The van der Waals surface area contributed by atoms with E-state index >= 15 is 8.78 Å². The Hall–Kier alpha value is -4.97. The van der Waals surface area contributed by atoms with Gasteiger partial charge in [-0.3, -0.25) is 9.59 Å². The Morgan fingerprint density at radius 2 is 1.72 bits per heavy atom. The van der Waals surface area contributed by atoms with Crippen LogP contribution in [-0.2, 0) is 4.79 Å². The fourth-order valence-corrected chi connectivity index (χ4v) is 5.18. The van der Waals surface area contributed by atoms with Crippen molar-refractivity contribution in [3.8, 4) is 11.5 Å². The maximum absolute atomic E-state index is 15.1. The number of rotatable bonds is 10. The van der Waals surface area contributed by atoms with Gasteiger partial charge >= 0.3 is 0 Å². The molecule has 0 spiro atoms. The number of primary amides is 1. The molecule has 224 valence electrons. The highest BCUT2D eigenvalue weighted by Crippen LogP contribution is 2.35. The minimum absolute atomic E-state index is 0.0110. The lowest BCUT2D eigenvalue weighted by Gasteiger charge is -2.35. The highest BCUT2D eigenvalue weighted by Gasteiger charge is 2.28. The Bertz CT molecular complexity index is 1700. The van der Waals surface area contributed by atoms with Crippen LogP contribution >= 0.6 is 0 Å². The fraction of sp³-hybridized carbons (Fsp3) is 0.258. The molecule has 1 amide bonds. The maximum atomic E-state index is 15.1. The van der Waals surface area contributed by atoms with Crippen LogP contribution in [-0.4, -0.2) is 73.5 Å². The fourth-order valence-electron chi connectivity index (χ4n) is 5.18. The number of aromatic nitrogens is 2. The summed E-state index contributed by atoms with van der Waals surface area (Å²) < 4.78 is 40.2. The average Bonchev–Trinajstić information content (AvgIpc) is 3.44. The zero-order valence-corrected chi connectivity index (χ0v) is 24.1. The SMILES string of the molecule is C=C(C(N)=O)c1cc(N2CCN(CC)CC2)ccc1Nc1cc2c(C(=O)c3c(F)c(OC)cc(OC)c3F)c[nH]c2cn1. The van der Waals surface area contributed by atoms with Gasteiger partial charge in [-0.25, -0.2) is 13.8 Å². The van der Waals surface area contributed by atoms with Gasteiger partial charge < -0.3 is 35.3 Å². The van der Waals surface area contributed by atoms with Crippen LogP contribution in [0.2, 0.25) is 0 Å². The van der Waals surface area contributed by atoms with Gasteiger partial charge in [0, 0.05) is 71.9 Å². The number of piperazine rings is 1. The first kappa shape index (κ1) is 29.5. The summed E-state index contributed by atoms with van der Waals surface area (Å²) >= 11 is 0. The van der Waals surface area contributed by atoms with Crippen LogP contribution in [0.25, 0.3) is 16.5 Å². The van der Waals surface area contributed by atoms with Crippen molar-refractivity contribution in [1.82, 2.24) is 14.9 Å². The molecule has 12 heteroatoms. The number of nitrogens with one attached hydrogen (secondary N) is 2. The number of likely N-dealkylation sites (N-methyl/N-ethyl adjacent to an activating group) is 1. The lowest BCUT2D eigenvalue weighted by atomic mass is 10.0. The molecular weight excluding hydrogens is 558 g/mol. The predicted octanol–water partition coefficient (Wildman–Crippen LogP) is 4.47. The minimum Gasteiger partial charge on any atom is -0.494 e. The van der Waals surface area contributed by atoms with E-state index in [4.69, 9.17) is 15.2 Å². The molecule has 0 bridgehead atoms. The number of amides is 1. The topological polar surface area (TPSA) is 126 Å². The van der Waals surface area contributed by atoms with Gasteiger partial charge in [-0.2, -0.15) is 0 Å². The number of ketones is 1. The number of nitrogens with zero attached hydrogens (tertiary/aromatic N) is 3. The molecule has 1 saturated heterocycles. The third kappa shape index (κ3) is 5.61. The van der Waals surface area contributed by atoms with E-state index in [0.29, 0.717) is 28.0 Å². The minimum atomic E-state index is -1.14. The summed E-state index contributed by atoms with van der Waals surface area (Å²) in [6, 6.07) is 8.22. The summed E-state index contributed by atoms with van der Waals surface area (Å²) in [5, 5.41) is 3.55. The highest BCUT2D eigenvalue weighted by molar-refractivity contribution is 6.20. The zero-order valence-electron chi connectivity index (χ0n) is 24.1. The van der Waals surface area contributed by atoms with Crippen LogP contribution in [0.15, 0.2) is 49.3 Å². The predicted molar refractivity (Wildman–Crippen MR) is 161 cm³/mol. The van der Waals surface area contributed by atoms with Gasteiger partial charge in [0.15, 0.2) is 23.1 Å². The number of anilines is 3. The Balaban J connectivity index is 1.50. The molecule has 0 aliphatic carbocycles. The summed E-state index contributed by atoms with van der Waals surface area (Å²) in [5.74, 6) is -4.21. The van der Waals surface area contributed by atoms with Crippen LogP contribution in [0.3, 0.4) is 0 Å². The monoisotopic (exact) mass is 590 g/mol. The number of nitrogens with two attached hydrogens (primary N) is 1. The summed E-state index contributed by atoms with van der Waals surface area (Å²) in [5.41, 5.74) is 7.35. The van der Waals surface area contributed by atoms with E-state index in [9.17, 15) is 9.59 Å². The first-order valence-electron chi connectivity index (χ1n) is 13.7. The Morgan fingerprint density at radius 3 is 2.33 bits per heavy atom. The number of carbonyl (C=O) groups excluding carboxylic acids is 2. The second-order valence-electron chi connectivity index (χ2n) is 10.0. The standard InChI is InChI=1S/C31H32F2N6O4/c1-5-38-8-10-39(11-9-38)18-6-7-22(19(12-18)17(2)31(34)41)37-26-13-20-21(15-35-23(20)16-36-26)30(40)27-28(32)24(42-3)14-25(43-4)29(27)33/h6-7,12-16,35H,2,5,8-11H2,1,3-4H3,(H2,34,41)(H,36,37). The second-order valence-corrected chi connectivity index (χ2v) is 10.0. The molecule has 1 aliphatic heterocycles. The quantitative estimate of drug-likeness (QED) is 0.183. The number of pyridine rings is 1. The van der Waals surface area contributed by atoms with Crippen molar-refractivity contribution >= 4 is 45.4 Å². The van der Waals surface area contributed by atoms with Crippen LogP contribution in [0, 0.1) is 11.6 Å². The van der Waals surface area contributed by atoms with Crippen LogP contribution in [0.5, 0.6) is 11.5 Å². The lowest BCUT2D eigenvalue weighted by molar-refractivity contribution is -0.112. The normalized spacial score (nSPS) is 13.7. The van der Waals surface area contributed by atoms with E-state index < -0.39 is 28.9 Å². The summed E-state index contributed by atoms with van der Waals surface area (Å²) in [6.45, 7) is 10.6. The second kappa shape index (κ2) is 12.1. The largest absolute Gasteiger partial charge is 0.494 e. The lowest BCUT2D eigenvalue weighted by Crippen LogP contribution is -2.46. The van der Waals surface area contributed by atoms with Crippen LogP contribution in [0.4, 0.5) is 26.0 Å². The van der Waals surface area contributed by atoms with Crippen LogP contribution in [0.1, 0.15) is 28.4 Å². The molecule has 4 aromatic rings. The number of hydrogen-bond donors (Lipinski definition) is 3. The van der Waals surface area contributed by atoms with E-state index in [0.717, 1.165) is 44.5 Å². The van der Waals surface area contributed by atoms with Gasteiger partial charge in [-0.05, 0) is 30.8 Å². The number of hydrogen-bond acceptors (Lipinski definition) is 8. The number of H-pyrrole nitrogens is 1. The van der Waals surface area contributed by atoms with Crippen molar-refractivity contribution in [2.24, 2.45) is 5.73 Å². The van der Waals surface area contributed by atoms with Gasteiger partial charge in [0.05, 0.1) is 25.9 Å². The summed E-state index contributed by atoms with van der Waals surface area (Å²) in [7, 11) is 2.42. The molecule has 2 aromatic carbocycles. The van der Waals surface area contributed by atoms with E-state index in [1.54, 1.807) is 6.07 Å². The van der Waals surface area contributed by atoms with Crippen molar-refractivity contribution < 1.29 is 27.8 Å². The van der Waals surface area contributed by atoms with Crippen molar-refractivity contribution in [2.75, 3.05) is 57.2 Å². The number of carbonyl (C=O) groups is 2. The summed E-state index contributed by atoms with van der Waals surface area (Å²) in [4.78, 5) is 37.6. The molecular formula is C31H32F2N6O4. The summed E-state index contributed by atoms with van der Waals surface area (Å²) in [6.07, 6.45) is 2.84. The van der Waals surface area contributed by atoms with Gasteiger partial charge in [0.25, 0.3) is 0 Å². The smallest absolute Gasteiger partial charge is 0.248 e. The highest BCUT2D eigenvalue weighted by atomic mass is 19.1. The third-order valence-electron chi connectivity index (χ3n) is 7.68. The van der Waals surface area contributed by atoms with Crippen molar-refractivity contribution in [3.05, 3.63) is 77.6 Å². The van der Waals surface area contributed by atoms with E-state index in [1.807, 2.05) is 18.2 Å². The van der Waals surface area contributed by atoms with E-state index in [1.165, 1.54) is 26.6 Å². The molecule has 10 nitrogen and oxygen atoms in total. The number of fused-ring (bicyclic) bond motifs is 1. The van der Waals surface area contributed by atoms with E-state index in [2.05, 4.69) is 38.6 Å². The first-order chi connectivity index (χ1) is 20.7. The number of halogens is 2. The average molecular weight is 591 g/mol. The number of methoxy groups -OCH3 is 2. The van der Waals surface area contributed by atoms with Gasteiger partial charge in [-0.1, -0.05) is 13.5 Å². The molecule has 43 heavy (non-hydrogen) atoms. The Labute approximate surface area is 247 Å². The molecule has 5 rings (SSSR count). The van der Waals surface area contributed by atoms with E-state index in [-0.39, 0.29) is 22.6 Å². The number of benzene rings is 2. The number of aromatic amines is 1. The molecule has 1 fully saturated rings. The van der Waals surface area contributed by atoms with Crippen molar-refractivity contribution in [1.29, 1.82) is 0 Å². The molecule has 0 atom stereocenters. The third-order valence-corrected chi connectivity index (χ3v) is 7.68. The molecule has 2 aromatic heterocycles. The van der Waals surface area contributed by atoms with Crippen molar-refractivity contribution in [2.45, 2.75) is 6.92 Å². The Kier molecular flexibility index (Phi) is 8.31. The molecule has 1 aliphatic rings. The van der Waals surface area contributed by atoms with Crippen molar-refractivity contribution in [3.63, 3.8) is 0 Å². The molecule has 0 unspecified atom stereocenters. The van der Waals surface area contributed by atoms with Gasteiger partial charge in [-0.15, -0.1) is 0 Å². The van der Waals surface area contributed by atoms with Gasteiger partial charge in [0.2, 0.25) is 11.7 Å².